The molecule has 5 heteroatoms. The Labute approximate surface area is 130 Å². The number of nitrogens with one attached hydrogen (secondary N) is 1. The van der Waals surface area contributed by atoms with Gasteiger partial charge in [-0.15, -0.1) is 0 Å². The minimum Gasteiger partial charge on any atom is -0.484 e. The van der Waals surface area contributed by atoms with Crippen molar-refractivity contribution in [1.82, 2.24) is 5.32 Å². The molecule has 3 atom stereocenters. The average molecular weight is 318 g/mol. The van der Waals surface area contributed by atoms with E-state index in [-0.39, 0.29) is 12.2 Å². The van der Waals surface area contributed by atoms with E-state index in [0.29, 0.717) is 28.4 Å². The molecule has 112 valence electrons. The van der Waals surface area contributed by atoms with Crippen molar-refractivity contribution >= 4 is 23.2 Å². The van der Waals surface area contributed by atoms with Crippen LogP contribution >= 0.6 is 23.2 Å². The molecule has 0 heterocycles. The maximum atomic E-state index is 6.13. The second-order valence-electron chi connectivity index (χ2n) is 4.92. The van der Waals surface area contributed by atoms with Crippen LogP contribution in [0.15, 0.2) is 18.2 Å². The van der Waals surface area contributed by atoms with Gasteiger partial charge in [0.2, 0.25) is 0 Å². The zero-order chi connectivity index (χ0) is 14.5. The molecule has 0 radical (unpaired) electrons. The van der Waals surface area contributed by atoms with E-state index >= 15 is 0 Å². The van der Waals surface area contributed by atoms with E-state index in [1.807, 2.05) is 13.0 Å². The second kappa shape index (κ2) is 7.51. The van der Waals surface area contributed by atoms with Gasteiger partial charge in [0.25, 0.3) is 0 Å². The molecular weight excluding hydrogens is 297 g/mol. The van der Waals surface area contributed by atoms with Gasteiger partial charge in [0, 0.05) is 19.1 Å². The summed E-state index contributed by atoms with van der Waals surface area (Å²) in [5.41, 5.74) is 0. The molecule has 0 spiro atoms. The van der Waals surface area contributed by atoms with Gasteiger partial charge < -0.3 is 14.8 Å². The Hall–Kier alpha value is -0.480. The van der Waals surface area contributed by atoms with E-state index in [9.17, 15) is 0 Å². The summed E-state index contributed by atoms with van der Waals surface area (Å²) in [6, 6.07) is 5.72. The zero-order valence-electron chi connectivity index (χ0n) is 11.9. The average Bonchev–Trinajstić information content (AvgIpc) is 2.42. The van der Waals surface area contributed by atoms with Crippen LogP contribution in [-0.4, -0.2) is 31.4 Å². The number of hydrogen-bond acceptors (Lipinski definition) is 3. The number of rotatable bonds is 7. The van der Waals surface area contributed by atoms with Crippen LogP contribution in [0.5, 0.6) is 5.75 Å². The molecule has 1 aromatic rings. The molecular formula is C15H21Cl2NO2. The number of para-hydroxylation sites is 1. The van der Waals surface area contributed by atoms with E-state index < -0.39 is 0 Å². The fourth-order valence-electron chi connectivity index (χ4n) is 2.39. The molecule has 3 nitrogen and oxygen atoms in total. The Morgan fingerprint density at radius 3 is 2.55 bits per heavy atom. The molecule has 20 heavy (non-hydrogen) atoms. The van der Waals surface area contributed by atoms with Crippen molar-refractivity contribution < 1.29 is 9.47 Å². The molecule has 1 N–H and O–H groups in total. The third-order valence-electron chi connectivity index (χ3n) is 3.45. The normalized spacial score (nSPS) is 25.3. The Morgan fingerprint density at radius 2 is 1.95 bits per heavy atom. The molecule has 0 saturated heterocycles. The van der Waals surface area contributed by atoms with Crippen LogP contribution in [0.3, 0.4) is 0 Å². The number of halogens is 2. The molecule has 1 aliphatic rings. The van der Waals surface area contributed by atoms with Crippen molar-refractivity contribution in [2.75, 3.05) is 13.2 Å². The highest BCUT2D eigenvalue weighted by Gasteiger charge is 2.43. The van der Waals surface area contributed by atoms with Crippen LogP contribution in [0.1, 0.15) is 26.7 Å². The Balaban J connectivity index is 1.99. The van der Waals surface area contributed by atoms with Gasteiger partial charge in [0.05, 0.1) is 10.0 Å². The topological polar surface area (TPSA) is 30.5 Å². The molecule has 1 fully saturated rings. The molecule has 0 aliphatic heterocycles. The van der Waals surface area contributed by atoms with E-state index in [1.54, 1.807) is 12.1 Å². The van der Waals surface area contributed by atoms with Gasteiger partial charge in [-0.2, -0.15) is 0 Å². The summed E-state index contributed by atoms with van der Waals surface area (Å²) in [5, 5.41) is 4.56. The van der Waals surface area contributed by atoms with E-state index in [0.717, 1.165) is 19.4 Å². The van der Waals surface area contributed by atoms with Crippen molar-refractivity contribution in [3.05, 3.63) is 28.2 Å². The first-order valence-electron chi connectivity index (χ1n) is 7.13. The maximum absolute atomic E-state index is 6.13. The van der Waals surface area contributed by atoms with E-state index in [2.05, 4.69) is 12.2 Å². The standard InChI is InChI=1S/C15H21Cl2NO2/c1-3-8-18-12-9-13(15(12)19-4-2)20-14-10(16)6-5-7-11(14)17/h5-7,12-13,15,18H,3-4,8-9H2,1-2H3. The molecule has 1 aliphatic carbocycles. The van der Waals surface area contributed by atoms with Crippen molar-refractivity contribution in [2.24, 2.45) is 0 Å². The van der Waals surface area contributed by atoms with Gasteiger partial charge in [0.1, 0.15) is 12.2 Å². The lowest BCUT2D eigenvalue weighted by Gasteiger charge is -2.44. The fourth-order valence-corrected chi connectivity index (χ4v) is 2.88. The van der Waals surface area contributed by atoms with Gasteiger partial charge in [-0.3, -0.25) is 0 Å². The van der Waals surface area contributed by atoms with Crippen LogP contribution in [0.25, 0.3) is 0 Å². The predicted molar refractivity (Wildman–Crippen MR) is 83.0 cm³/mol. The van der Waals surface area contributed by atoms with Crippen LogP contribution < -0.4 is 10.1 Å². The zero-order valence-corrected chi connectivity index (χ0v) is 13.4. The molecule has 2 rings (SSSR count). The van der Waals surface area contributed by atoms with Crippen LogP contribution in [0, 0.1) is 0 Å². The predicted octanol–water partition coefficient (Wildman–Crippen LogP) is 3.92. The van der Waals surface area contributed by atoms with Gasteiger partial charge >= 0.3 is 0 Å². The quantitative estimate of drug-likeness (QED) is 0.826. The second-order valence-corrected chi connectivity index (χ2v) is 5.74. The molecule has 1 saturated carbocycles. The lowest BCUT2D eigenvalue weighted by atomic mass is 9.85. The molecule has 3 unspecified atom stereocenters. The summed E-state index contributed by atoms with van der Waals surface area (Å²) in [6.07, 6.45) is 2.07. The Kier molecular flexibility index (Phi) is 5.97. The van der Waals surface area contributed by atoms with E-state index in [4.69, 9.17) is 32.7 Å². The van der Waals surface area contributed by atoms with Crippen LogP contribution in [0.4, 0.5) is 0 Å². The Bertz CT molecular complexity index is 422. The van der Waals surface area contributed by atoms with Gasteiger partial charge in [-0.05, 0) is 32.0 Å². The minimum absolute atomic E-state index is 0.00158. The largest absolute Gasteiger partial charge is 0.484 e. The summed E-state index contributed by atoms with van der Waals surface area (Å²) < 4.78 is 11.7. The summed E-state index contributed by atoms with van der Waals surface area (Å²) in [4.78, 5) is 0. The summed E-state index contributed by atoms with van der Waals surface area (Å²) >= 11 is 12.3. The first-order valence-corrected chi connectivity index (χ1v) is 7.88. The third kappa shape index (κ3) is 3.59. The first-order chi connectivity index (χ1) is 9.67. The highest BCUT2D eigenvalue weighted by atomic mass is 35.5. The lowest BCUT2D eigenvalue weighted by molar-refractivity contribution is -0.104. The van der Waals surface area contributed by atoms with Gasteiger partial charge in [-0.25, -0.2) is 0 Å². The SMILES string of the molecule is CCCNC1CC(Oc2c(Cl)cccc2Cl)C1OCC. The van der Waals surface area contributed by atoms with Crippen molar-refractivity contribution in [3.8, 4) is 5.75 Å². The molecule has 0 bridgehead atoms. The maximum Gasteiger partial charge on any atom is 0.157 e. The van der Waals surface area contributed by atoms with Crippen molar-refractivity contribution in [1.29, 1.82) is 0 Å². The lowest BCUT2D eigenvalue weighted by Crippen LogP contribution is -2.61. The molecule has 0 amide bonds. The number of benzene rings is 1. The molecule has 1 aromatic carbocycles. The summed E-state index contributed by atoms with van der Waals surface area (Å²) in [7, 11) is 0. The summed E-state index contributed by atoms with van der Waals surface area (Å²) in [5.74, 6) is 0.555. The van der Waals surface area contributed by atoms with Crippen molar-refractivity contribution in [3.63, 3.8) is 0 Å². The minimum atomic E-state index is 0.00158. The first kappa shape index (κ1) is 15.9. The Morgan fingerprint density at radius 1 is 1.25 bits per heavy atom. The monoisotopic (exact) mass is 317 g/mol. The number of ether oxygens (including phenoxy) is 2. The van der Waals surface area contributed by atoms with Crippen LogP contribution in [-0.2, 0) is 4.74 Å². The number of hydrogen-bond donors (Lipinski definition) is 1. The van der Waals surface area contributed by atoms with Gasteiger partial charge in [0.15, 0.2) is 5.75 Å². The van der Waals surface area contributed by atoms with Crippen molar-refractivity contribution in [2.45, 2.75) is 44.9 Å². The highest BCUT2D eigenvalue weighted by Crippen LogP contribution is 2.37. The fraction of sp³-hybridized carbons (Fsp3) is 0.600. The van der Waals surface area contributed by atoms with Gasteiger partial charge in [-0.1, -0.05) is 36.2 Å². The molecule has 0 aromatic heterocycles. The smallest absolute Gasteiger partial charge is 0.157 e. The highest BCUT2D eigenvalue weighted by molar-refractivity contribution is 6.37. The van der Waals surface area contributed by atoms with Crippen LogP contribution in [0.2, 0.25) is 10.0 Å². The van der Waals surface area contributed by atoms with E-state index in [1.165, 1.54) is 0 Å². The third-order valence-corrected chi connectivity index (χ3v) is 4.05. The summed E-state index contributed by atoms with van der Waals surface area (Å²) in [6.45, 7) is 5.81.